The number of aliphatic imine (C=N–C) groups is 1. The van der Waals surface area contributed by atoms with Gasteiger partial charge < -0.3 is 0 Å². The lowest BCUT2D eigenvalue weighted by Gasteiger charge is -2.11. The lowest BCUT2D eigenvalue weighted by Crippen LogP contribution is -2.28. The number of nitrogens with zero attached hydrogens (tertiary/aromatic N) is 2. The molecule has 0 radical (unpaired) electrons. The van der Waals surface area contributed by atoms with Gasteiger partial charge in [-0.3, -0.25) is 9.69 Å². The molecule has 1 saturated heterocycles. The predicted molar refractivity (Wildman–Crippen MR) is 97.9 cm³/mol. The van der Waals surface area contributed by atoms with E-state index in [1.54, 1.807) is 29.2 Å². The minimum absolute atomic E-state index is 0.108. The molecular formula is C18H14ClFN2OS. The quantitative estimate of drug-likeness (QED) is 0.713. The number of thioether (sulfide) groups is 1. The Balaban J connectivity index is 1.94. The smallest absolute Gasteiger partial charge is 0.266 e. The minimum Gasteiger partial charge on any atom is -0.287 e. The van der Waals surface area contributed by atoms with Gasteiger partial charge in [0.2, 0.25) is 0 Å². The molecule has 24 heavy (non-hydrogen) atoms. The largest absolute Gasteiger partial charge is 0.287 e. The first-order valence-electron chi connectivity index (χ1n) is 7.38. The molecule has 0 bridgehead atoms. The van der Waals surface area contributed by atoms with Gasteiger partial charge in [-0.05, 0) is 60.7 Å². The normalized spacial score (nSPS) is 18.0. The van der Waals surface area contributed by atoms with Crippen LogP contribution in [0.2, 0.25) is 5.02 Å². The fourth-order valence-corrected chi connectivity index (χ4v) is 3.47. The Kier molecular flexibility index (Phi) is 5.02. The highest BCUT2D eigenvalue weighted by Crippen LogP contribution is 2.34. The molecule has 0 aromatic heterocycles. The zero-order valence-corrected chi connectivity index (χ0v) is 14.4. The Labute approximate surface area is 148 Å². The maximum Gasteiger partial charge on any atom is 0.266 e. The van der Waals surface area contributed by atoms with Crippen LogP contribution in [0, 0.1) is 5.82 Å². The number of benzene rings is 2. The number of carbonyl (C=O) groups is 1. The maximum absolute atomic E-state index is 13.0. The summed E-state index contributed by atoms with van der Waals surface area (Å²) in [5, 5.41) is 1.16. The van der Waals surface area contributed by atoms with Crippen LogP contribution in [0.15, 0.2) is 58.4 Å². The van der Waals surface area contributed by atoms with Crippen LogP contribution >= 0.6 is 23.4 Å². The van der Waals surface area contributed by atoms with E-state index in [9.17, 15) is 9.18 Å². The van der Waals surface area contributed by atoms with Crippen molar-refractivity contribution in [3.05, 3.63) is 69.8 Å². The molecule has 0 atom stereocenters. The zero-order chi connectivity index (χ0) is 17.1. The topological polar surface area (TPSA) is 32.7 Å². The second-order valence-electron chi connectivity index (χ2n) is 5.05. The Morgan fingerprint density at radius 3 is 2.58 bits per heavy atom. The molecule has 0 unspecified atom stereocenters. The Bertz CT molecular complexity index is 833. The van der Waals surface area contributed by atoms with Crippen LogP contribution in [0.25, 0.3) is 6.08 Å². The van der Waals surface area contributed by atoms with Crippen molar-refractivity contribution < 1.29 is 9.18 Å². The van der Waals surface area contributed by atoms with Crippen molar-refractivity contribution in [2.75, 3.05) is 6.54 Å². The monoisotopic (exact) mass is 360 g/mol. The molecule has 0 aliphatic carbocycles. The van der Waals surface area contributed by atoms with Crippen LogP contribution in [-0.2, 0) is 4.79 Å². The van der Waals surface area contributed by atoms with Crippen molar-refractivity contribution >= 4 is 46.2 Å². The van der Waals surface area contributed by atoms with Crippen molar-refractivity contribution in [3.8, 4) is 0 Å². The van der Waals surface area contributed by atoms with Gasteiger partial charge in [-0.25, -0.2) is 9.38 Å². The number of rotatable bonds is 3. The van der Waals surface area contributed by atoms with Gasteiger partial charge in [-0.15, -0.1) is 0 Å². The summed E-state index contributed by atoms with van der Waals surface area (Å²) >= 11 is 7.45. The summed E-state index contributed by atoms with van der Waals surface area (Å²) in [5.74, 6) is -0.427. The second-order valence-corrected chi connectivity index (χ2v) is 6.47. The second kappa shape index (κ2) is 7.20. The van der Waals surface area contributed by atoms with E-state index in [0.717, 1.165) is 5.56 Å². The number of hydrogen-bond donors (Lipinski definition) is 0. The summed E-state index contributed by atoms with van der Waals surface area (Å²) in [7, 11) is 0. The number of hydrogen-bond acceptors (Lipinski definition) is 3. The third-order valence-corrected chi connectivity index (χ3v) is 4.80. The van der Waals surface area contributed by atoms with Gasteiger partial charge in [-0.2, -0.15) is 0 Å². The van der Waals surface area contributed by atoms with Crippen LogP contribution in [0.3, 0.4) is 0 Å². The van der Waals surface area contributed by atoms with Crippen LogP contribution in [-0.4, -0.2) is 22.5 Å². The van der Waals surface area contributed by atoms with Gasteiger partial charge in [0.25, 0.3) is 5.91 Å². The summed E-state index contributed by atoms with van der Waals surface area (Å²) in [6.45, 7) is 2.39. The van der Waals surface area contributed by atoms with Gasteiger partial charge in [0.1, 0.15) is 5.82 Å². The van der Waals surface area contributed by atoms with Crippen molar-refractivity contribution in [1.82, 2.24) is 4.90 Å². The third-order valence-electron chi connectivity index (χ3n) is 3.45. The van der Waals surface area contributed by atoms with E-state index in [2.05, 4.69) is 4.99 Å². The van der Waals surface area contributed by atoms with E-state index in [1.165, 1.54) is 23.9 Å². The molecule has 3 nitrogen and oxygen atoms in total. The first-order chi connectivity index (χ1) is 11.6. The molecule has 0 N–H and O–H groups in total. The molecule has 3 rings (SSSR count). The molecule has 1 fully saturated rings. The van der Waals surface area contributed by atoms with E-state index < -0.39 is 0 Å². The summed E-state index contributed by atoms with van der Waals surface area (Å²) in [4.78, 5) is 19.2. The molecule has 1 amide bonds. The van der Waals surface area contributed by atoms with Crippen LogP contribution in [0.1, 0.15) is 12.5 Å². The molecule has 1 aliphatic heterocycles. The fourth-order valence-electron chi connectivity index (χ4n) is 2.23. The Morgan fingerprint density at radius 1 is 1.21 bits per heavy atom. The van der Waals surface area contributed by atoms with Gasteiger partial charge in [0, 0.05) is 11.6 Å². The van der Waals surface area contributed by atoms with E-state index in [1.807, 2.05) is 25.1 Å². The number of amides is 1. The number of likely N-dealkylation sites (N-methyl/N-ethyl adjacent to an activating group) is 1. The summed E-state index contributed by atoms with van der Waals surface area (Å²) < 4.78 is 13.0. The first-order valence-corrected chi connectivity index (χ1v) is 8.58. The Hall–Kier alpha value is -2.11. The van der Waals surface area contributed by atoms with Crippen molar-refractivity contribution in [2.24, 2.45) is 4.99 Å². The van der Waals surface area contributed by atoms with Gasteiger partial charge in [-0.1, -0.05) is 29.8 Å². The molecule has 1 heterocycles. The summed E-state index contributed by atoms with van der Waals surface area (Å²) in [6.07, 6.45) is 1.77. The first kappa shape index (κ1) is 16.7. The van der Waals surface area contributed by atoms with Crippen LogP contribution < -0.4 is 0 Å². The van der Waals surface area contributed by atoms with E-state index in [0.29, 0.717) is 27.3 Å². The lowest BCUT2D eigenvalue weighted by atomic mass is 10.2. The molecule has 2 aromatic rings. The highest BCUT2D eigenvalue weighted by atomic mass is 35.5. The van der Waals surface area contributed by atoms with Crippen molar-refractivity contribution in [3.63, 3.8) is 0 Å². The SMILES string of the molecule is CCN1C(=O)/C(=C\c2ccccc2Cl)SC1=Nc1ccc(F)cc1. The highest BCUT2D eigenvalue weighted by molar-refractivity contribution is 8.18. The lowest BCUT2D eigenvalue weighted by molar-refractivity contribution is -0.122. The number of amidine groups is 1. The summed E-state index contributed by atoms with van der Waals surface area (Å²) in [6, 6.07) is 13.2. The molecular weight excluding hydrogens is 347 g/mol. The van der Waals surface area contributed by atoms with Gasteiger partial charge in [0.15, 0.2) is 5.17 Å². The molecule has 6 heteroatoms. The average molecular weight is 361 g/mol. The molecule has 1 aliphatic rings. The highest BCUT2D eigenvalue weighted by Gasteiger charge is 2.32. The summed E-state index contributed by atoms with van der Waals surface area (Å²) in [5.41, 5.74) is 1.39. The van der Waals surface area contributed by atoms with Crippen molar-refractivity contribution in [2.45, 2.75) is 6.92 Å². The standard InChI is InChI=1S/C18H14ClFN2OS/c1-2-22-17(23)16(11-12-5-3-4-6-15(12)19)24-18(22)21-14-9-7-13(20)8-10-14/h3-11H,2H2,1H3/b16-11+,21-18?. The van der Waals surface area contributed by atoms with E-state index >= 15 is 0 Å². The predicted octanol–water partition coefficient (Wildman–Crippen LogP) is 5.10. The fraction of sp³-hybridized carbons (Fsp3) is 0.111. The molecule has 0 spiro atoms. The Morgan fingerprint density at radius 2 is 1.92 bits per heavy atom. The number of halogens is 2. The average Bonchev–Trinajstić information content (AvgIpc) is 2.87. The molecule has 2 aromatic carbocycles. The van der Waals surface area contributed by atoms with Crippen LogP contribution in [0.4, 0.5) is 10.1 Å². The van der Waals surface area contributed by atoms with Crippen molar-refractivity contribution in [1.29, 1.82) is 0 Å². The number of carbonyl (C=O) groups excluding carboxylic acids is 1. The maximum atomic E-state index is 13.0. The van der Waals surface area contributed by atoms with Gasteiger partial charge in [0.05, 0.1) is 10.6 Å². The van der Waals surface area contributed by atoms with E-state index in [-0.39, 0.29) is 11.7 Å². The minimum atomic E-state index is -0.319. The third kappa shape index (κ3) is 3.52. The zero-order valence-electron chi connectivity index (χ0n) is 12.9. The van der Waals surface area contributed by atoms with E-state index in [4.69, 9.17) is 11.6 Å². The van der Waals surface area contributed by atoms with Crippen LogP contribution in [0.5, 0.6) is 0 Å². The molecule has 0 saturated carbocycles. The molecule has 122 valence electrons. The van der Waals surface area contributed by atoms with Gasteiger partial charge >= 0.3 is 0 Å².